The molecule has 4 aromatic rings. The van der Waals surface area contributed by atoms with Gasteiger partial charge in [0.15, 0.2) is 0 Å². The first kappa shape index (κ1) is 19.0. The number of nitrogens with zero attached hydrogens (tertiary/aromatic N) is 2. The van der Waals surface area contributed by atoms with Crippen molar-refractivity contribution in [2.45, 2.75) is 26.7 Å². The maximum Gasteiger partial charge on any atom is 0.119 e. The summed E-state index contributed by atoms with van der Waals surface area (Å²) in [5.41, 5.74) is 4.94. The maximum atomic E-state index is 5.74. The van der Waals surface area contributed by atoms with Gasteiger partial charge in [0.25, 0.3) is 0 Å². The predicted molar refractivity (Wildman–Crippen MR) is 114 cm³/mol. The van der Waals surface area contributed by atoms with Gasteiger partial charge >= 0.3 is 0 Å². The summed E-state index contributed by atoms with van der Waals surface area (Å²) in [7, 11) is 0. The second-order valence-electron chi connectivity index (χ2n) is 6.46. The smallest absolute Gasteiger partial charge is 0.119 e. The van der Waals surface area contributed by atoms with E-state index in [2.05, 4.69) is 33.5 Å². The highest BCUT2D eigenvalue weighted by molar-refractivity contribution is 6.10. The highest BCUT2D eigenvalue weighted by Gasteiger charge is 2.10. The number of aromatic amines is 1. The van der Waals surface area contributed by atoms with Crippen molar-refractivity contribution < 1.29 is 4.74 Å². The van der Waals surface area contributed by atoms with E-state index in [1.54, 1.807) is 0 Å². The summed E-state index contributed by atoms with van der Waals surface area (Å²) < 4.78 is 5.74. The Labute approximate surface area is 164 Å². The van der Waals surface area contributed by atoms with Gasteiger partial charge in [-0.25, -0.2) is 0 Å². The first-order valence-electron chi connectivity index (χ1n) is 8.98. The van der Waals surface area contributed by atoms with Crippen LogP contribution in [0.3, 0.4) is 0 Å². The number of aryl methyl sites for hydroxylation is 1. The molecule has 0 aliphatic rings. The Bertz CT molecular complexity index is 1040. The number of unbranched alkanes of at least 4 members (excludes halogenated alkanes) is 1. The largest absolute Gasteiger partial charge is 0.494 e. The third-order valence-electron chi connectivity index (χ3n) is 4.41. The van der Waals surface area contributed by atoms with Gasteiger partial charge in [-0.3, -0.25) is 10.1 Å². The van der Waals surface area contributed by atoms with Crippen LogP contribution < -0.4 is 10.1 Å². The molecule has 6 heteroatoms. The fourth-order valence-electron chi connectivity index (χ4n) is 3.09. The minimum absolute atomic E-state index is 0. The van der Waals surface area contributed by atoms with E-state index in [1.807, 2.05) is 49.5 Å². The highest BCUT2D eigenvalue weighted by atomic mass is 35.5. The zero-order valence-corrected chi connectivity index (χ0v) is 16.3. The van der Waals surface area contributed by atoms with Crippen molar-refractivity contribution in [2.75, 3.05) is 11.9 Å². The van der Waals surface area contributed by atoms with Crippen molar-refractivity contribution in [1.82, 2.24) is 15.2 Å². The molecule has 140 valence electrons. The number of ether oxygens (including phenoxy) is 1. The molecule has 0 amide bonds. The molecule has 5 nitrogen and oxygen atoms in total. The van der Waals surface area contributed by atoms with Crippen LogP contribution in [0.5, 0.6) is 5.75 Å². The quantitative estimate of drug-likeness (QED) is 0.416. The van der Waals surface area contributed by atoms with Gasteiger partial charge in [-0.2, -0.15) is 5.10 Å². The molecule has 0 radical (unpaired) electrons. The van der Waals surface area contributed by atoms with E-state index >= 15 is 0 Å². The number of rotatable bonds is 6. The molecule has 0 atom stereocenters. The molecule has 2 aromatic heterocycles. The van der Waals surface area contributed by atoms with Crippen LogP contribution in [0, 0.1) is 6.92 Å². The average molecular weight is 383 g/mol. The summed E-state index contributed by atoms with van der Waals surface area (Å²) in [4.78, 5) is 4.66. The Balaban J connectivity index is 0.00000210. The van der Waals surface area contributed by atoms with E-state index in [-0.39, 0.29) is 12.4 Å². The van der Waals surface area contributed by atoms with Crippen LogP contribution in [-0.4, -0.2) is 21.8 Å². The van der Waals surface area contributed by atoms with E-state index in [4.69, 9.17) is 4.74 Å². The lowest BCUT2D eigenvalue weighted by Gasteiger charge is -2.12. The maximum absolute atomic E-state index is 5.74. The summed E-state index contributed by atoms with van der Waals surface area (Å²) in [5.74, 6) is 0.899. The topological polar surface area (TPSA) is 62.8 Å². The van der Waals surface area contributed by atoms with Crippen molar-refractivity contribution in [3.63, 3.8) is 0 Å². The Morgan fingerprint density at radius 1 is 1.11 bits per heavy atom. The van der Waals surface area contributed by atoms with Gasteiger partial charge in [0.05, 0.1) is 29.5 Å². The van der Waals surface area contributed by atoms with Crippen LogP contribution in [-0.2, 0) is 0 Å². The van der Waals surface area contributed by atoms with Crippen molar-refractivity contribution in [1.29, 1.82) is 0 Å². The zero-order valence-electron chi connectivity index (χ0n) is 15.5. The number of pyridine rings is 1. The molecule has 0 aliphatic carbocycles. The SMILES string of the molecule is CCCCOc1ccc(Nc2cc(C)nc3ccc4cn[nH]c4c23)cc1.Cl. The summed E-state index contributed by atoms with van der Waals surface area (Å²) in [6, 6.07) is 14.2. The minimum Gasteiger partial charge on any atom is -0.494 e. The number of halogens is 1. The summed E-state index contributed by atoms with van der Waals surface area (Å²) in [6.07, 6.45) is 4.04. The van der Waals surface area contributed by atoms with Crippen LogP contribution >= 0.6 is 12.4 Å². The van der Waals surface area contributed by atoms with E-state index in [1.165, 1.54) is 0 Å². The monoisotopic (exact) mass is 382 g/mol. The van der Waals surface area contributed by atoms with Gasteiger partial charge in [0, 0.05) is 22.2 Å². The lowest BCUT2D eigenvalue weighted by Crippen LogP contribution is -1.97. The van der Waals surface area contributed by atoms with Crippen molar-refractivity contribution in [2.24, 2.45) is 0 Å². The van der Waals surface area contributed by atoms with Crippen LogP contribution in [0.25, 0.3) is 21.8 Å². The highest BCUT2D eigenvalue weighted by Crippen LogP contribution is 2.32. The van der Waals surface area contributed by atoms with Crippen molar-refractivity contribution in [3.05, 3.63) is 54.4 Å². The normalized spacial score (nSPS) is 10.7. The summed E-state index contributed by atoms with van der Waals surface area (Å²) in [5, 5.41) is 12.9. The fourth-order valence-corrected chi connectivity index (χ4v) is 3.09. The first-order chi connectivity index (χ1) is 12.7. The van der Waals surface area contributed by atoms with Gasteiger partial charge in [-0.05, 0) is 55.8 Å². The van der Waals surface area contributed by atoms with Gasteiger partial charge in [0.1, 0.15) is 5.75 Å². The molecule has 0 unspecified atom stereocenters. The van der Waals surface area contributed by atoms with E-state index < -0.39 is 0 Å². The molecule has 0 aliphatic heterocycles. The Hall–Kier alpha value is -2.79. The molecular weight excluding hydrogens is 360 g/mol. The molecule has 27 heavy (non-hydrogen) atoms. The number of fused-ring (bicyclic) bond motifs is 3. The van der Waals surface area contributed by atoms with Crippen LogP contribution in [0.15, 0.2) is 48.7 Å². The molecule has 4 rings (SSSR count). The molecule has 0 bridgehead atoms. The van der Waals surface area contributed by atoms with Gasteiger partial charge < -0.3 is 10.1 Å². The summed E-state index contributed by atoms with van der Waals surface area (Å²) >= 11 is 0. The molecule has 2 aromatic carbocycles. The molecule has 0 spiro atoms. The van der Waals surface area contributed by atoms with Crippen LogP contribution in [0.2, 0.25) is 0 Å². The second-order valence-corrected chi connectivity index (χ2v) is 6.46. The number of anilines is 2. The second kappa shape index (κ2) is 8.27. The van der Waals surface area contributed by atoms with Gasteiger partial charge in [-0.1, -0.05) is 13.3 Å². The molecule has 2 N–H and O–H groups in total. The third-order valence-corrected chi connectivity index (χ3v) is 4.41. The van der Waals surface area contributed by atoms with E-state index in [0.29, 0.717) is 0 Å². The average Bonchev–Trinajstić information content (AvgIpc) is 3.11. The molecule has 2 heterocycles. The fraction of sp³-hybridized carbons (Fsp3) is 0.238. The van der Waals surface area contributed by atoms with E-state index in [0.717, 1.165) is 64.1 Å². The summed E-state index contributed by atoms with van der Waals surface area (Å²) in [6.45, 7) is 4.93. The predicted octanol–water partition coefficient (Wildman–Crippen LogP) is 5.76. The first-order valence-corrected chi connectivity index (χ1v) is 8.98. The molecular formula is C21H23ClN4O. The molecule has 0 saturated heterocycles. The van der Waals surface area contributed by atoms with Crippen LogP contribution in [0.4, 0.5) is 11.4 Å². The lowest BCUT2D eigenvalue weighted by molar-refractivity contribution is 0.309. The Morgan fingerprint density at radius 2 is 1.93 bits per heavy atom. The van der Waals surface area contributed by atoms with Crippen molar-refractivity contribution in [3.8, 4) is 5.75 Å². The Morgan fingerprint density at radius 3 is 2.70 bits per heavy atom. The van der Waals surface area contributed by atoms with Gasteiger partial charge in [-0.15, -0.1) is 12.4 Å². The molecule has 0 fully saturated rings. The molecule has 0 saturated carbocycles. The Kier molecular flexibility index (Phi) is 5.81. The number of H-pyrrole nitrogens is 1. The lowest BCUT2D eigenvalue weighted by atomic mass is 10.1. The van der Waals surface area contributed by atoms with E-state index in [9.17, 15) is 0 Å². The number of benzene rings is 2. The number of hydrogen-bond donors (Lipinski definition) is 2. The standard InChI is InChI=1S/C21H22N4O.ClH/c1-3-4-11-26-17-8-6-16(7-9-17)24-19-12-14(2)23-18-10-5-15-13-22-25-21(15)20(18)19;/h5-10,12-13H,3-4,11H2,1-2H3,(H,22,25)(H,23,24);1H. The minimum atomic E-state index is 0. The van der Waals surface area contributed by atoms with Gasteiger partial charge in [0.2, 0.25) is 0 Å². The number of aromatic nitrogens is 3. The van der Waals surface area contributed by atoms with Crippen molar-refractivity contribution >= 4 is 45.6 Å². The van der Waals surface area contributed by atoms with Crippen LogP contribution in [0.1, 0.15) is 25.5 Å². The number of nitrogens with one attached hydrogen (secondary N) is 2. The third kappa shape index (κ3) is 3.98. The number of hydrogen-bond acceptors (Lipinski definition) is 4. The zero-order chi connectivity index (χ0) is 17.9.